The molecule has 2 amide bonds. The van der Waals surface area contributed by atoms with Crippen molar-refractivity contribution in [3.63, 3.8) is 0 Å². The molecule has 144 valence electrons. The van der Waals surface area contributed by atoms with Crippen molar-refractivity contribution >= 4 is 34.8 Å². The molecule has 1 aromatic carbocycles. The minimum Gasteiger partial charge on any atom is -0.335 e. The summed E-state index contributed by atoms with van der Waals surface area (Å²) in [6.45, 7) is 1.15. The average Bonchev–Trinajstić information content (AvgIpc) is 3.16. The second kappa shape index (κ2) is 8.67. The fourth-order valence-electron chi connectivity index (χ4n) is 4.68. The van der Waals surface area contributed by atoms with Crippen LogP contribution in [0, 0.1) is 0 Å². The highest BCUT2D eigenvalue weighted by molar-refractivity contribution is 7.98. The van der Waals surface area contributed by atoms with E-state index in [1.165, 1.54) is 29.0 Å². The molecule has 2 fully saturated rings. The molecule has 6 heteroatoms. The molecule has 3 heterocycles. The number of amides is 2. The predicted octanol–water partition coefficient (Wildman–Crippen LogP) is 3.76. The van der Waals surface area contributed by atoms with Crippen LogP contribution in [-0.4, -0.2) is 30.4 Å². The molecule has 0 spiro atoms. The number of thioether (sulfide) groups is 1. The Morgan fingerprint density at radius 1 is 1.19 bits per heavy atom. The smallest absolute Gasteiger partial charge is 0.319 e. The number of carbonyl (C=O) groups excluding carboxylic acids is 1. The Morgan fingerprint density at radius 2 is 1.93 bits per heavy atom. The zero-order valence-electron chi connectivity index (χ0n) is 15.7. The average molecular weight is 403 g/mol. The molecule has 27 heavy (non-hydrogen) atoms. The Hall–Kier alpha value is -1.50. The van der Waals surface area contributed by atoms with Crippen LogP contribution >= 0.6 is 23.1 Å². The van der Waals surface area contributed by atoms with Gasteiger partial charge in [0.15, 0.2) is 0 Å². The second-order valence-electron chi connectivity index (χ2n) is 7.65. The van der Waals surface area contributed by atoms with Crippen molar-refractivity contribution < 1.29 is 9.69 Å². The fraction of sp³-hybridized carbons (Fsp3) is 0.476. The number of fused-ring (bicyclic) bond motifs is 2. The maximum atomic E-state index is 12.5. The summed E-state index contributed by atoms with van der Waals surface area (Å²) in [7, 11) is 0. The summed E-state index contributed by atoms with van der Waals surface area (Å²) in [4.78, 5) is 16.9. The van der Waals surface area contributed by atoms with Crippen molar-refractivity contribution in [1.29, 1.82) is 0 Å². The van der Waals surface area contributed by atoms with Gasteiger partial charge in [0.05, 0.1) is 17.0 Å². The number of hydrogen-bond donors (Lipinski definition) is 3. The van der Waals surface area contributed by atoms with Gasteiger partial charge in [-0.25, -0.2) is 4.79 Å². The Bertz CT molecular complexity index is 733. The molecule has 0 aliphatic carbocycles. The predicted molar refractivity (Wildman–Crippen MR) is 114 cm³/mol. The van der Waals surface area contributed by atoms with E-state index in [-0.39, 0.29) is 12.1 Å². The molecule has 2 aromatic rings. The summed E-state index contributed by atoms with van der Waals surface area (Å²) in [5, 5.41) is 8.40. The van der Waals surface area contributed by atoms with Crippen LogP contribution in [-0.2, 0) is 6.54 Å². The number of urea groups is 1. The van der Waals surface area contributed by atoms with Gasteiger partial charge in [-0.1, -0.05) is 6.07 Å². The summed E-state index contributed by atoms with van der Waals surface area (Å²) in [5.41, 5.74) is 0.853. The van der Waals surface area contributed by atoms with E-state index < -0.39 is 0 Å². The van der Waals surface area contributed by atoms with E-state index in [2.05, 4.69) is 34.4 Å². The number of thiophene rings is 1. The maximum absolute atomic E-state index is 12.5. The summed E-state index contributed by atoms with van der Waals surface area (Å²) in [5.74, 6) is 0. The first-order chi connectivity index (χ1) is 13.2. The maximum Gasteiger partial charge on any atom is 0.319 e. The molecule has 1 aromatic heterocycles. The van der Waals surface area contributed by atoms with E-state index in [9.17, 15) is 4.79 Å². The number of anilines is 1. The molecule has 0 radical (unpaired) electrons. The molecule has 3 N–H and O–H groups in total. The van der Waals surface area contributed by atoms with Crippen molar-refractivity contribution in [3.8, 4) is 0 Å². The van der Waals surface area contributed by atoms with E-state index >= 15 is 0 Å². The van der Waals surface area contributed by atoms with Gasteiger partial charge in [-0.3, -0.25) is 0 Å². The monoisotopic (exact) mass is 402 g/mol. The summed E-state index contributed by atoms with van der Waals surface area (Å²) in [6, 6.07) is 14.0. The molecule has 2 atom stereocenters. The third-order valence-electron chi connectivity index (χ3n) is 5.93. The van der Waals surface area contributed by atoms with Gasteiger partial charge < -0.3 is 15.5 Å². The van der Waals surface area contributed by atoms with Crippen LogP contribution in [0.2, 0.25) is 0 Å². The quantitative estimate of drug-likeness (QED) is 0.667. The van der Waals surface area contributed by atoms with Crippen LogP contribution < -0.4 is 15.5 Å². The number of carbonyl (C=O) groups is 1. The molecule has 0 saturated carbocycles. The van der Waals surface area contributed by atoms with Crippen LogP contribution in [0.15, 0.2) is 46.7 Å². The Labute approximate surface area is 169 Å². The molecular formula is C21H28N3OS2+. The zero-order valence-corrected chi connectivity index (χ0v) is 17.4. The van der Waals surface area contributed by atoms with Crippen LogP contribution in [0.5, 0.6) is 0 Å². The largest absolute Gasteiger partial charge is 0.335 e. The first-order valence-electron chi connectivity index (χ1n) is 9.81. The van der Waals surface area contributed by atoms with Gasteiger partial charge in [0.25, 0.3) is 0 Å². The van der Waals surface area contributed by atoms with Gasteiger partial charge in [-0.05, 0) is 61.2 Å². The topological polar surface area (TPSA) is 45.6 Å². The van der Waals surface area contributed by atoms with Gasteiger partial charge in [0.1, 0.15) is 6.54 Å². The highest BCUT2D eigenvalue weighted by atomic mass is 32.2. The van der Waals surface area contributed by atoms with Gasteiger partial charge in [-0.2, -0.15) is 0 Å². The van der Waals surface area contributed by atoms with Crippen LogP contribution in [0.3, 0.4) is 0 Å². The zero-order chi connectivity index (χ0) is 18.6. The number of quaternary nitrogens is 1. The number of nitrogens with one attached hydrogen (secondary N) is 3. The molecule has 0 unspecified atom stereocenters. The highest BCUT2D eigenvalue weighted by Crippen LogP contribution is 2.24. The third kappa shape index (κ3) is 4.68. The van der Waals surface area contributed by atoms with Gasteiger partial charge in [0, 0.05) is 29.5 Å². The van der Waals surface area contributed by atoms with Gasteiger partial charge >= 0.3 is 6.03 Å². The van der Waals surface area contributed by atoms with E-state index in [4.69, 9.17) is 0 Å². The third-order valence-corrected chi connectivity index (χ3v) is 7.55. The molecule has 2 saturated heterocycles. The van der Waals surface area contributed by atoms with Crippen molar-refractivity contribution in [1.82, 2.24) is 5.32 Å². The Morgan fingerprint density at radius 3 is 2.56 bits per heavy atom. The fourth-order valence-corrected chi connectivity index (χ4v) is 5.83. The number of piperidine rings is 2. The van der Waals surface area contributed by atoms with E-state index in [1.54, 1.807) is 16.7 Å². The minimum absolute atomic E-state index is 0.0725. The standard InChI is InChI=1S/C21H27N3OS2/c1-26-19-9-7-15(8-10-19)22-21(25)23-16-12-17-4-2-5-18(13-16)24(17)14-20-6-3-11-27-20/h3,6-11,16-18H,2,4-5,12-14H2,1H3,(H2,22,23,25)/p+1/t17-,18-/m1/s1. The lowest BCUT2D eigenvalue weighted by Gasteiger charge is -2.45. The van der Waals surface area contributed by atoms with Gasteiger partial charge in [0.2, 0.25) is 0 Å². The lowest BCUT2D eigenvalue weighted by molar-refractivity contribution is -0.973. The minimum atomic E-state index is -0.0725. The Balaban J connectivity index is 1.33. The summed E-state index contributed by atoms with van der Waals surface area (Å²) in [6.07, 6.45) is 8.15. The van der Waals surface area contributed by atoms with Crippen molar-refractivity contribution in [2.45, 2.75) is 61.7 Å². The lowest BCUT2D eigenvalue weighted by atomic mass is 9.81. The van der Waals surface area contributed by atoms with Crippen LogP contribution in [0.25, 0.3) is 0 Å². The SMILES string of the molecule is CSc1ccc(NC(=O)NC2C[C@H]3CCC[C@H](C2)[NH+]3Cc2cccs2)cc1. The first-order valence-corrected chi connectivity index (χ1v) is 11.9. The van der Waals surface area contributed by atoms with E-state index in [1.807, 2.05) is 35.6 Å². The molecular weight excluding hydrogens is 374 g/mol. The number of benzene rings is 1. The second-order valence-corrected chi connectivity index (χ2v) is 9.56. The molecule has 4 rings (SSSR count). The van der Waals surface area contributed by atoms with Crippen molar-refractivity contribution in [3.05, 3.63) is 46.7 Å². The summed E-state index contributed by atoms with van der Waals surface area (Å²) >= 11 is 3.57. The van der Waals surface area contributed by atoms with Crippen LogP contribution in [0.4, 0.5) is 10.5 Å². The van der Waals surface area contributed by atoms with E-state index in [0.29, 0.717) is 12.1 Å². The van der Waals surface area contributed by atoms with Crippen LogP contribution in [0.1, 0.15) is 37.0 Å². The van der Waals surface area contributed by atoms with Crippen molar-refractivity contribution in [2.75, 3.05) is 11.6 Å². The highest BCUT2D eigenvalue weighted by Gasteiger charge is 2.42. The van der Waals surface area contributed by atoms with Crippen molar-refractivity contribution in [2.24, 2.45) is 0 Å². The molecule has 2 bridgehead atoms. The molecule has 2 aliphatic heterocycles. The lowest BCUT2D eigenvalue weighted by Crippen LogP contribution is -3.20. The normalized spacial score (nSPS) is 27.1. The summed E-state index contributed by atoms with van der Waals surface area (Å²) < 4.78 is 0. The molecule has 4 nitrogen and oxygen atoms in total. The number of hydrogen-bond acceptors (Lipinski definition) is 3. The molecule has 2 aliphatic rings. The van der Waals surface area contributed by atoms with E-state index in [0.717, 1.165) is 25.1 Å². The van der Waals surface area contributed by atoms with Gasteiger partial charge in [-0.15, -0.1) is 23.1 Å². The Kier molecular flexibility index (Phi) is 6.05. The first kappa shape index (κ1) is 18.8. The number of rotatable bonds is 5.